The van der Waals surface area contributed by atoms with E-state index in [4.69, 9.17) is 15.0 Å². The fraction of sp³-hybridized carbons (Fsp3) is 0.432. The van der Waals surface area contributed by atoms with Crippen LogP contribution in [0.5, 0.6) is 0 Å². The number of amides is 3. The molecule has 3 fully saturated rings. The van der Waals surface area contributed by atoms with E-state index in [0.29, 0.717) is 29.6 Å². The number of benzene rings is 3. The average molecular weight is 637 g/mol. The van der Waals surface area contributed by atoms with Gasteiger partial charge in [0, 0.05) is 17.5 Å². The topological polar surface area (TPSA) is 132 Å². The van der Waals surface area contributed by atoms with Crippen molar-refractivity contribution in [3.05, 3.63) is 95.6 Å². The maximum absolute atomic E-state index is 14.1. The third-order valence-electron chi connectivity index (χ3n) is 10.2. The molecular formula is C37H45BN4O5. The van der Waals surface area contributed by atoms with Gasteiger partial charge < -0.3 is 31.0 Å². The van der Waals surface area contributed by atoms with Gasteiger partial charge in [-0.2, -0.15) is 0 Å². The minimum atomic E-state index is -0.885. The lowest BCUT2D eigenvalue weighted by molar-refractivity contribution is -0.123. The first kappa shape index (κ1) is 32.8. The summed E-state index contributed by atoms with van der Waals surface area (Å²) in [6.07, 6.45) is 1.90. The van der Waals surface area contributed by atoms with Crippen molar-refractivity contribution in [3.63, 3.8) is 0 Å². The Labute approximate surface area is 277 Å². The molecule has 1 heterocycles. The number of nitrogens with two attached hydrogens (primary N) is 1. The molecule has 47 heavy (non-hydrogen) atoms. The van der Waals surface area contributed by atoms with Crippen LogP contribution in [-0.2, 0) is 20.5 Å². The number of anilines is 2. The number of hydrogen-bond acceptors (Lipinski definition) is 6. The predicted molar refractivity (Wildman–Crippen MR) is 184 cm³/mol. The van der Waals surface area contributed by atoms with Crippen LogP contribution in [0.1, 0.15) is 73.7 Å². The largest absolute Gasteiger partial charge is 0.481 e. The zero-order valence-electron chi connectivity index (χ0n) is 27.8. The minimum Gasteiger partial charge on any atom is -0.404 e. The molecule has 6 rings (SSSR count). The lowest BCUT2D eigenvalue weighted by Crippen LogP contribution is -2.55. The van der Waals surface area contributed by atoms with Crippen molar-refractivity contribution >= 4 is 36.2 Å². The van der Waals surface area contributed by atoms with Crippen LogP contribution in [0.15, 0.2) is 78.9 Å². The molecule has 1 aliphatic heterocycles. The molecule has 3 unspecified atom stereocenters. The standard InChI is InChI=1S/C37H45BN4O5/c1-22(2)18-30(38-46-32-31-26(36(31,3)4)21-37(32,5)47-38)42-35(45)29(19-23-12-7-6-8-13-23)41-34(44)25-15-11-14-24(20-25)33(43)40-28-17-10-9-16-27(28)39/h6-17,20,22,26,29-32H,18-19,21,39H2,1-5H3,(H,40,43)(H,41,44)(H,42,45)/t26-,29-,30?,31?,32?,37-/m0/s1. The molecular weight excluding hydrogens is 591 g/mol. The van der Waals surface area contributed by atoms with Gasteiger partial charge in [-0.15, -0.1) is 0 Å². The van der Waals surface area contributed by atoms with E-state index in [-0.39, 0.29) is 46.5 Å². The van der Waals surface area contributed by atoms with Gasteiger partial charge in [-0.3, -0.25) is 14.4 Å². The van der Waals surface area contributed by atoms with Crippen LogP contribution in [0.3, 0.4) is 0 Å². The number of hydrogen-bond donors (Lipinski definition) is 4. The summed E-state index contributed by atoms with van der Waals surface area (Å²) >= 11 is 0. The van der Waals surface area contributed by atoms with E-state index in [1.807, 2.05) is 30.3 Å². The van der Waals surface area contributed by atoms with Crippen molar-refractivity contribution in [3.8, 4) is 0 Å². The van der Waals surface area contributed by atoms with Crippen molar-refractivity contribution in [2.75, 3.05) is 11.1 Å². The Hall–Kier alpha value is -4.15. The molecule has 2 saturated carbocycles. The molecule has 6 atom stereocenters. The number of nitrogens with one attached hydrogen (secondary N) is 3. The first-order valence-electron chi connectivity index (χ1n) is 16.6. The van der Waals surface area contributed by atoms with Crippen LogP contribution >= 0.6 is 0 Å². The van der Waals surface area contributed by atoms with Crippen LogP contribution in [0.2, 0.25) is 0 Å². The normalized spacial score (nSPS) is 25.0. The molecule has 0 bridgehead atoms. The fourth-order valence-corrected chi connectivity index (χ4v) is 7.61. The first-order valence-corrected chi connectivity index (χ1v) is 16.6. The number of fused-ring (bicyclic) bond motifs is 3. The van der Waals surface area contributed by atoms with E-state index in [9.17, 15) is 14.4 Å². The van der Waals surface area contributed by atoms with Crippen LogP contribution in [0.4, 0.5) is 11.4 Å². The van der Waals surface area contributed by atoms with E-state index in [1.165, 1.54) is 6.07 Å². The summed E-state index contributed by atoms with van der Waals surface area (Å²) in [5, 5.41) is 8.94. The summed E-state index contributed by atoms with van der Waals surface area (Å²) in [5.41, 5.74) is 8.24. The van der Waals surface area contributed by atoms with E-state index >= 15 is 0 Å². The van der Waals surface area contributed by atoms with Gasteiger partial charge in [0.05, 0.1) is 29.0 Å². The zero-order chi connectivity index (χ0) is 33.5. The lowest BCUT2D eigenvalue weighted by Gasteiger charge is -2.29. The van der Waals surface area contributed by atoms with E-state index < -0.39 is 30.9 Å². The third-order valence-corrected chi connectivity index (χ3v) is 10.2. The Kier molecular flexibility index (Phi) is 8.93. The number of carbonyl (C=O) groups excluding carboxylic acids is 3. The molecule has 3 aromatic carbocycles. The van der Waals surface area contributed by atoms with Gasteiger partial charge in [-0.25, -0.2) is 0 Å². The maximum Gasteiger partial charge on any atom is 0.481 e. The van der Waals surface area contributed by atoms with Crippen LogP contribution in [0, 0.1) is 23.2 Å². The maximum atomic E-state index is 14.1. The van der Waals surface area contributed by atoms with Crippen molar-refractivity contribution < 1.29 is 23.7 Å². The molecule has 3 aliphatic rings. The molecule has 2 aliphatic carbocycles. The van der Waals surface area contributed by atoms with Gasteiger partial charge in [0.25, 0.3) is 11.8 Å². The van der Waals surface area contributed by atoms with Crippen molar-refractivity contribution in [2.24, 2.45) is 23.2 Å². The second-order valence-electron chi connectivity index (χ2n) is 14.6. The van der Waals surface area contributed by atoms with Crippen molar-refractivity contribution in [1.29, 1.82) is 0 Å². The Bertz CT molecular complexity index is 1650. The highest BCUT2D eigenvalue weighted by Crippen LogP contribution is 2.71. The highest BCUT2D eigenvalue weighted by Gasteiger charge is 2.74. The van der Waals surface area contributed by atoms with E-state index in [1.54, 1.807) is 42.5 Å². The Morgan fingerprint density at radius 3 is 2.30 bits per heavy atom. The Balaban J connectivity index is 1.18. The second-order valence-corrected chi connectivity index (χ2v) is 14.6. The van der Waals surface area contributed by atoms with Gasteiger partial charge in [-0.05, 0) is 78.8 Å². The van der Waals surface area contributed by atoms with Gasteiger partial charge in [-0.1, -0.05) is 76.2 Å². The predicted octanol–water partition coefficient (Wildman–Crippen LogP) is 5.27. The van der Waals surface area contributed by atoms with E-state index in [2.05, 4.69) is 50.6 Å². The summed E-state index contributed by atoms with van der Waals surface area (Å²) in [6, 6.07) is 22.0. The number of nitrogen functional groups attached to an aromatic ring is 1. The summed E-state index contributed by atoms with van der Waals surface area (Å²) in [4.78, 5) is 40.7. The molecule has 246 valence electrons. The number of para-hydroxylation sites is 2. The molecule has 3 amide bonds. The highest BCUT2D eigenvalue weighted by atomic mass is 16.7. The number of carbonyl (C=O) groups is 3. The molecule has 0 radical (unpaired) electrons. The quantitative estimate of drug-likeness (QED) is 0.168. The third kappa shape index (κ3) is 6.80. The first-order chi connectivity index (χ1) is 22.4. The van der Waals surface area contributed by atoms with Gasteiger partial charge in [0.15, 0.2) is 0 Å². The molecule has 1 saturated heterocycles. The molecule has 0 spiro atoms. The van der Waals surface area contributed by atoms with Crippen LogP contribution in [0.25, 0.3) is 0 Å². The smallest absolute Gasteiger partial charge is 0.404 e. The molecule has 10 heteroatoms. The highest BCUT2D eigenvalue weighted by molar-refractivity contribution is 6.48. The summed E-state index contributed by atoms with van der Waals surface area (Å²) in [5.74, 6) is -0.244. The minimum absolute atomic E-state index is 0.00157. The summed E-state index contributed by atoms with van der Waals surface area (Å²) in [6.45, 7) is 10.9. The Morgan fingerprint density at radius 2 is 1.60 bits per heavy atom. The van der Waals surface area contributed by atoms with Crippen LogP contribution in [-0.4, -0.2) is 48.5 Å². The molecule has 5 N–H and O–H groups in total. The van der Waals surface area contributed by atoms with Crippen LogP contribution < -0.4 is 21.7 Å². The summed E-state index contributed by atoms with van der Waals surface area (Å²) in [7, 11) is -0.573. The molecule has 0 aromatic heterocycles. The molecule has 9 nitrogen and oxygen atoms in total. The van der Waals surface area contributed by atoms with Gasteiger partial charge in [0.1, 0.15) is 6.04 Å². The van der Waals surface area contributed by atoms with Gasteiger partial charge in [0.2, 0.25) is 5.91 Å². The zero-order valence-corrected chi connectivity index (χ0v) is 27.8. The van der Waals surface area contributed by atoms with Crippen molar-refractivity contribution in [2.45, 2.75) is 77.6 Å². The SMILES string of the molecule is CC(C)CC(NC(=O)[C@H](Cc1ccccc1)NC(=O)c1cccc(C(=O)Nc2ccccc2N)c1)B1OC2C3[C@H](C[C@]2(C)O1)C3(C)C. The fourth-order valence-electron chi connectivity index (χ4n) is 7.61. The Morgan fingerprint density at radius 1 is 0.915 bits per heavy atom. The second kappa shape index (κ2) is 12.8. The summed E-state index contributed by atoms with van der Waals surface area (Å²) < 4.78 is 13.2. The molecule has 3 aromatic rings. The number of rotatable bonds is 11. The lowest BCUT2D eigenvalue weighted by atomic mass is 9.73. The van der Waals surface area contributed by atoms with E-state index in [0.717, 1.165) is 12.0 Å². The van der Waals surface area contributed by atoms with Crippen molar-refractivity contribution in [1.82, 2.24) is 10.6 Å². The van der Waals surface area contributed by atoms with Gasteiger partial charge >= 0.3 is 7.12 Å². The monoisotopic (exact) mass is 636 g/mol. The average Bonchev–Trinajstić information content (AvgIpc) is 3.26.